The van der Waals surface area contributed by atoms with Crippen LogP contribution in [0.15, 0.2) is 54.6 Å². The SMILES string of the molecule is O=C(O)c1[nH]c2ccccc2c1C(NC1CCCC1)c1ccccc1. The van der Waals surface area contributed by atoms with Gasteiger partial charge in [-0.2, -0.15) is 0 Å². The Hall–Kier alpha value is -2.59. The molecule has 3 N–H and O–H groups in total. The predicted octanol–water partition coefficient (Wildman–Crippen LogP) is 4.49. The van der Waals surface area contributed by atoms with Crippen LogP contribution in [0.25, 0.3) is 10.9 Å². The number of fused-ring (bicyclic) bond motifs is 1. The van der Waals surface area contributed by atoms with Crippen molar-refractivity contribution < 1.29 is 9.90 Å². The fourth-order valence-electron chi connectivity index (χ4n) is 3.95. The quantitative estimate of drug-likeness (QED) is 0.644. The third kappa shape index (κ3) is 3.05. The van der Waals surface area contributed by atoms with Gasteiger partial charge in [-0.05, 0) is 24.5 Å². The van der Waals surface area contributed by atoms with E-state index in [9.17, 15) is 9.90 Å². The van der Waals surface area contributed by atoms with Crippen molar-refractivity contribution in [2.24, 2.45) is 0 Å². The summed E-state index contributed by atoms with van der Waals surface area (Å²) in [4.78, 5) is 15.0. The van der Waals surface area contributed by atoms with Crippen molar-refractivity contribution in [1.82, 2.24) is 10.3 Å². The van der Waals surface area contributed by atoms with Crippen LogP contribution in [0, 0.1) is 0 Å². The molecular formula is C21H22N2O2. The van der Waals surface area contributed by atoms with Gasteiger partial charge in [-0.1, -0.05) is 61.4 Å². The van der Waals surface area contributed by atoms with Gasteiger partial charge in [-0.3, -0.25) is 0 Å². The highest BCUT2D eigenvalue weighted by Gasteiger charge is 2.28. The molecule has 0 amide bonds. The van der Waals surface area contributed by atoms with Crippen molar-refractivity contribution in [3.63, 3.8) is 0 Å². The smallest absolute Gasteiger partial charge is 0.352 e. The van der Waals surface area contributed by atoms with Gasteiger partial charge in [0.05, 0.1) is 6.04 Å². The van der Waals surface area contributed by atoms with Crippen molar-refractivity contribution in [2.75, 3.05) is 0 Å². The van der Waals surface area contributed by atoms with Crippen molar-refractivity contribution in [2.45, 2.75) is 37.8 Å². The largest absolute Gasteiger partial charge is 0.477 e. The molecule has 1 fully saturated rings. The predicted molar refractivity (Wildman–Crippen MR) is 98.9 cm³/mol. The summed E-state index contributed by atoms with van der Waals surface area (Å²) in [6.45, 7) is 0. The summed E-state index contributed by atoms with van der Waals surface area (Å²) in [6, 6.07) is 18.3. The molecule has 1 aliphatic rings. The van der Waals surface area contributed by atoms with Gasteiger partial charge in [-0.25, -0.2) is 4.79 Å². The highest BCUT2D eigenvalue weighted by atomic mass is 16.4. The fraction of sp³-hybridized carbons (Fsp3) is 0.286. The molecule has 2 aromatic carbocycles. The Kier molecular flexibility index (Phi) is 4.28. The summed E-state index contributed by atoms with van der Waals surface area (Å²) in [5.41, 5.74) is 3.08. The van der Waals surface area contributed by atoms with E-state index < -0.39 is 5.97 Å². The summed E-state index contributed by atoms with van der Waals surface area (Å²) in [6.07, 6.45) is 4.76. The average Bonchev–Trinajstić information content (AvgIpc) is 3.28. The van der Waals surface area contributed by atoms with Gasteiger partial charge in [0.15, 0.2) is 0 Å². The van der Waals surface area contributed by atoms with E-state index in [1.165, 1.54) is 12.8 Å². The summed E-state index contributed by atoms with van der Waals surface area (Å²) < 4.78 is 0. The minimum Gasteiger partial charge on any atom is -0.477 e. The molecule has 4 nitrogen and oxygen atoms in total. The van der Waals surface area contributed by atoms with Crippen LogP contribution in [0.5, 0.6) is 0 Å². The Morgan fingerprint density at radius 2 is 1.72 bits per heavy atom. The second-order valence-electron chi connectivity index (χ2n) is 6.76. The van der Waals surface area contributed by atoms with Crippen molar-refractivity contribution in [1.29, 1.82) is 0 Å². The maximum atomic E-state index is 11.9. The first kappa shape index (κ1) is 15.9. The maximum absolute atomic E-state index is 11.9. The van der Waals surface area contributed by atoms with Crippen LogP contribution < -0.4 is 5.32 Å². The normalized spacial score (nSPS) is 16.3. The molecule has 0 aliphatic heterocycles. The number of carboxylic acids is 1. The lowest BCUT2D eigenvalue weighted by Gasteiger charge is -2.24. The molecule has 1 heterocycles. The Morgan fingerprint density at radius 1 is 1.04 bits per heavy atom. The first-order chi connectivity index (χ1) is 12.2. The molecule has 0 radical (unpaired) electrons. The first-order valence-corrected chi connectivity index (χ1v) is 8.89. The molecule has 0 bridgehead atoms. The topological polar surface area (TPSA) is 65.1 Å². The van der Waals surface area contributed by atoms with E-state index >= 15 is 0 Å². The Balaban J connectivity index is 1.87. The van der Waals surface area contributed by atoms with E-state index in [2.05, 4.69) is 22.4 Å². The van der Waals surface area contributed by atoms with E-state index in [0.717, 1.165) is 34.9 Å². The van der Waals surface area contributed by atoms with Crippen LogP contribution in [-0.2, 0) is 0 Å². The number of aromatic amines is 1. The third-order valence-electron chi connectivity index (χ3n) is 5.14. The monoisotopic (exact) mass is 334 g/mol. The van der Waals surface area contributed by atoms with Gasteiger partial charge < -0.3 is 15.4 Å². The van der Waals surface area contributed by atoms with Crippen LogP contribution in [-0.4, -0.2) is 22.1 Å². The maximum Gasteiger partial charge on any atom is 0.352 e. The molecule has 3 aromatic rings. The summed E-state index contributed by atoms with van der Waals surface area (Å²) >= 11 is 0. The summed E-state index contributed by atoms with van der Waals surface area (Å²) in [5.74, 6) is -0.916. The zero-order chi connectivity index (χ0) is 17.2. The fourth-order valence-corrected chi connectivity index (χ4v) is 3.95. The van der Waals surface area contributed by atoms with Crippen molar-refractivity contribution in [3.8, 4) is 0 Å². The number of H-pyrrole nitrogens is 1. The number of benzene rings is 2. The van der Waals surface area contributed by atoms with Gasteiger partial charge >= 0.3 is 5.97 Å². The lowest BCUT2D eigenvalue weighted by molar-refractivity contribution is 0.0689. The Bertz CT molecular complexity index is 879. The van der Waals surface area contributed by atoms with E-state index in [4.69, 9.17) is 0 Å². The molecule has 1 unspecified atom stereocenters. The van der Waals surface area contributed by atoms with Gasteiger partial charge in [0, 0.05) is 22.5 Å². The number of carboxylic acid groups (broad SMARTS) is 1. The van der Waals surface area contributed by atoms with Crippen molar-refractivity contribution in [3.05, 3.63) is 71.4 Å². The molecule has 0 saturated heterocycles. The van der Waals surface area contributed by atoms with Crippen LogP contribution >= 0.6 is 0 Å². The molecule has 0 spiro atoms. The average molecular weight is 334 g/mol. The summed E-state index contributed by atoms with van der Waals surface area (Å²) in [7, 11) is 0. The Labute approximate surface area is 146 Å². The minimum atomic E-state index is -0.916. The lowest BCUT2D eigenvalue weighted by Crippen LogP contribution is -2.32. The molecule has 4 heteroatoms. The number of nitrogens with one attached hydrogen (secondary N) is 2. The van der Waals surface area contributed by atoms with E-state index in [1.807, 2.05) is 42.5 Å². The van der Waals surface area contributed by atoms with Crippen LogP contribution in [0.4, 0.5) is 0 Å². The molecule has 128 valence electrons. The molecular weight excluding hydrogens is 312 g/mol. The van der Waals surface area contributed by atoms with Crippen LogP contribution in [0.2, 0.25) is 0 Å². The van der Waals surface area contributed by atoms with Crippen LogP contribution in [0.1, 0.15) is 53.3 Å². The minimum absolute atomic E-state index is 0.133. The second-order valence-corrected chi connectivity index (χ2v) is 6.76. The highest BCUT2D eigenvalue weighted by Crippen LogP contribution is 2.34. The zero-order valence-corrected chi connectivity index (χ0v) is 14.0. The van der Waals surface area contributed by atoms with E-state index in [1.54, 1.807) is 0 Å². The van der Waals surface area contributed by atoms with Gasteiger partial charge in [0.25, 0.3) is 0 Å². The molecule has 1 aromatic heterocycles. The number of carbonyl (C=O) groups is 1. The van der Waals surface area contributed by atoms with Crippen LogP contribution in [0.3, 0.4) is 0 Å². The molecule has 1 aliphatic carbocycles. The number of aromatic nitrogens is 1. The highest BCUT2D eigenvalue weighted by molar-refractivity contribution is 5.98. The third-order valence-corrected chi connectivity index (χ3v) is 5.14. The van der Waals surface area contributed by atoms with Gasteiger partial charge in [-0.15, -0.1) is 0 Å². The second kappa shape index (κ2) is 6.73. The van der Waals surface area contributed by atoms with E-state index in [0.29, 0.717) is 6.04 Å². The molecule has 25 heavy (non-hydrogen) atoms. The van der Waals surface area contributed by atoms with Crippen molar-refractivity contribution >= 4 is 16.9 Å². The lowest BCUT2D eigenvalue weighted by atomic mass is 9.94. The zero-order valence-electron chi connectivity index (χ0n) is 14.0. The Morgan fingerprint density at radius 3 is 2.44 bits per heavy atom. The molecule has 1 saturated carbocycles. The molecule has 4 rings (SSSR count). The number of para-hydroxylation sites is 1. The first-order valence-electron chi connectivity index (χ1n) is 8.89. The van der Waals surface area contributed by atoms with Gasteiger partial charge in [0.2, 0.25) is 0 Å². The molecule has 1 atom stereocenters. The summed E-state index contributed by atoms with van der Waals surface area (Å²) in [5, 5.41) is 14.5. The number of hydrogen-bond acceptors (Lipinski definition) is 2. The number of rotatable bonds is 5. The van der Waals surface area contributed by atoms with Gasteiger partial charge in [0.1, 0.15) is 5.69 Å². The number of aromatic carboxylic acids is 1. The number of hydrogen-bond donors (Lipinski definition) is 3. The van der Waals surface area contributed by atoms with E-state index in [-0.39, 0.29) is 11.7 Å². The standard InChI is InChI=1S/C21H22N2O2/c24-21(25)20-18(16-12-6-7-13-17(16)23-20)19(14-8-2-1-3-9-14)22-15-10-4-5-11-15/h1-3,6-9,12-13,15,19,22-23H,4-5,10-11H2,(H,24,25).